The Morgan fingerprint density at radius 3 is 2.45 bits per heavy atom. The van der Waals surface area contributed by atoms with E-state index in [9.17, 15) is 34.5 Å². The number of nitrogens with two attached hydrogens (primary N) is 1. The molecule has 1 aliphatic heterocycles. The van der Waals surface area contributed by atoms with Crippen molar-refractivity contribution in [2.45, 2.75) is 70.4 Å². The van der Waals surface area contributed by atoms with Crippen LogP contribution in [0.5, 0.6) is 5.75 Å². The van der Waals surface area contributed by atoms with Crippen LogP contribution in [0.1, 0.15) is 49.5 Å². The van der Waals surface area contributed by atoms with Crippen molar-refractivity contribution in [3.8, 4) is 5.75 Å². The molecule has 7 N–H and O–H groups in total. The lowest BCUT2D eigenvalue weighted by Gasteiger charge is -2.34. The lowest BCUT2D eigenvalue weighted by molar-refractivity contribution is -0.140. The van der Waals surface area contributed by atoms with Gasteiger partial charge in [0.2, 0.25) is 11.8 Å². The topological polar surface area (TPSA) is 188 Å². The number of ether oxygens (including phenoxy) is 1. The summed E-state index contributed by atoms with van der Waals surface area (Å²) in [6, 6.07) is 2.67. The molecule has 0 radical (unpaired) electrons. The number of esters is 1. The standard InChI is InChI=1S/C22H31N3O8/c1-10(2)7-13(16-8-12-5-4-6-15(27)18(12)22(32)33-16)25-21(31)20(30)19(29)14(9-17(23)28)24-11(3)26/h4-6,10,13-14,16,19-20,27,29-30H,7-9H2,1-3H3,(H2,23,28)(H,24,26)(H,25,31)/t13-,14-,16-,19-,20-/m0/s1. The van der Waals surface area contributed by atoms with Crippen LogP contribution in [0, 0.1) is 5.92 Å². The summed E-state index contributed by atoms with van der Waals surface area (Å²) in [5.41, 5.74) is 5.76. The zero-order valence-corrected chi connectivity index (χ0v) is 18.8. The van der Waals surface area contributed by atoms with Gasteiger partial charge in [-0.25, -0.2) is 4.79 Å². The highest BCUT2D eigenvalue weighted by Crippen LogP contribution is 2.30. The molecule has 0 saturated heterocycles. The Bertz CT molecular complexity index is 888. The fourth-order valence-electron chi connectivity index (χ4n) is 3.86. The van der Waals surface area contributed by atoms with Gasteiger partial charge in [-0.05, 0) is 24.0 Å². The predicted octanol–water partition coefficient (Wildman–Crippen LogP) is -0.893. The van der Waals surface area contributed by atoms with Gasteiger partial charge in [-0.3, -0.25) is 14.4 Å². The number of carbonyl (C=O) groups is 4. The van der Waals surface area contributed by atoms with Crippen LogP contribution in [0.15, 0.2) is 18.2 Å². The molecular formula is C22H31N3O8. The molecule has 3 amide bonds. The van der Waals surface area contributed by atoms with E-state index in [-0.39, 0.29) is 23.7 Å². The van der Waals surface area contributed by atoms with Gasteiger partial charge in [0.25, 0.3) is 5.91 Å². The minimum absolute atomic E-state index is 0.0726. The van der Waals surface area contributed by atoms with Crippen LogP contribution >= 0.6 is 0 Å². The van der Waals surface area contributed by atoms with Crippen LogP contribution in [0.2, 0.25) is 0 Å². The number of nitrogens with one attached hydrogen (secondary N) is 2. The first-order chi connectivity index (χ1) is 15.4. The highest BCUT2D eigenvalue weighted by Gasteiger charge is 2.38. The summed E-state index contributed by atoms with van der Waals surface area (Å²) in [6.45, 7) is 4.95. The number of phenols is 1. The number of benzene rings is 1. The van der Waals surface area contributed by atoms with Gasteiger partial charge in [0.1, 0.15) is 23.5 Å². The molecule has 33 heavy (non-hydrogen) atoms. The van der Waals surface area contributed by atoms with Crippen molar-refractivity contribution in [1.82, 2.24) is 10.6 Å². The number of hydrogen-bond donors (Lipinski definition) is 6. The fraction of sp³-hybridized carbons (Fsp3) is 0.545. The van der Waals surface area contributed by atoms with Crippen LogP contribution in [-0.4, -0.2) is 69.4 Å². The number of hydrogen-bond acceptors (Lipinski definition) is 8. The van der Waals surface area contributed by atoms with E-state index in [0.29, 0.717) is 12.0 Å². The average Bonchev–Trinajstić information content (AvgIpc) is 2.70. The first kappa shape index (κ1) is 26.1. The number of carbonyl (C=O) groups excluding carboxylic acids is 4. The van der Waals surface area contributed by atoms with Gasteiger partial charge in [0.15, 0.2) is 6.10 Å². The molecule has 1 heterocycles. The van der Waals surface area contributed by atoms with E-state index in [1.54, 1.807) is 12.1 Å². The first-order valence-electron chi connectivity index (χ1n) is 10.6. The Morgan fingerprint density at radius 1 is 1.21 bits per heavy atom. The Labute approximate surface area is 191 Å². The zero-order chi connectivity index (χ0) is 24.9. The maximum Gasteiger partial charge on any atom is 0.342 e. The highest BCUT2D eigenvalue weighted by molar-refractivity contribution is 5.95. The molecule has 0 aliphatic carbocycles. The summed E-state index contributed by atoms with van der Waals surface area (Å²) in [5.74, 6) is -3.24. The Morgan fingerprint density at radius 2 is 1.88 bits per heavy atom. The maximum atomic E-state index is 12.7. The summed E-state index contributed by atoms with van der Waals surface area (Å²) in [4.78, 5) is 47.8. The van der Waals surface area contributed by atoms with Crippen molar-refractivity contribution in [2.75, 3.05) is 0 Å². The molecular weight excluding hydrogens is 434 g/mol. The van der Waals surface area contributed by atoms with Crippen LogP contribution < -0.4 is 16.4 Å². The number of phenolic OH excluding ortho intramolecular Hbond substituents is 1. The molecule has 5 atom stereocenters. The number of primary amides is 1. The zero-order valence-electron chi connectivity index (χ0n) is 18.8. The molecule has 11 nitrogen and oxygen atoms in total. The van der Waals surface area contributed by atoms with E-state index >= 15 is 0 Å². The van der Waals surface area contributed by atoms with Crippen LogP contribution in [-0.2, 0) is 25.5 Å². The second-order valence-electron chi connectivity index (χ2n) is 8.62. The van der Waals surface area contributed by atoms with Gasteiger partial charge < -0.3 is 36.4 Å². The largest absolute Gasteiger partial charge is 0.507 e. The number of fused-ring (bicyclic) bond motifs is 1. The summed E-state index contributed by atoms with van der Waals surface area (Å²) >= 11 is 0. The highest BCUT2D eigenvalue weighted by atomic mass is 16.5. The summed E-state index contributed by atoms with van der Waals surface area (Å²) in [5, 5.41) is 35.7. The van der Waals surface area contributed by atoms with Crippen molar-refractivity contribution in [1.29, 1.82) is 0 Å². The van der Waals surface area contributed by atoms with Gasteiger partial charge in [-0.1, -0.05) is 26.0 Å². The molecule has 1 aromatic rings. The molecule has 182 valence electrons. The smallest absolute Gasteiger partial charge is 0.342 e. The lowest BCUT2D eigenvalue weighted by atomic mass is 9.90. The molecule has 0 fully saturated rings. The third kappa shape index (κ3) is 6.90. The number of aliphatic hydroxyl groups excluding tert-OH is 2. The molecule has 0 aromatic heterocycles. The Kier molecular flexibility index (Phi) is 8.77. The second kappa shape index (κ2) is 11.1. The van der Waals surface area contributed by atoms with Crippen molar-refractivity contribution >= 4 is 23.7 Å². The third-order valence-corrected chi connectivity index (χ3v) is 5.33. The van der Waals surface area contributed by atoms with Crippen molar-refractivity contribution in [3.05, 3.63) is 29.3 Å². The van der Waals surface area contributed by atoms with Gasteiger partial charge >= 0.3 is 5.97 Å². The van der Waals surface area contributed by atoms with E-state index < -0.39 is 60.5 Å². The number of rotatable bonds is 10. The van der Waals surface area contributed by atoms with Crippen molar-refractivity contribution in [2.24, 2.45) is 11.7 Å². The van der Waals surface area contributed by atoms with Gasteiger partial charge in [0, 0.05) is 19.8 Å². The van der Waals surface area contributed by atoms with E-state index in [1.165, 1.54) is 6.07 Å². The molecule has 1 aliphatic rings. The molecule has 1 aromatic carbocycles. The summed E-state index contributed by atoms with van der Waals surface area (Å²) in [6.07, 6.45) is -4.46. The molecule has 0 bridgehead atoms. The first-order valence-corrected chi connectivity index (χ1v) is 10.6. The minimum Gasteiger partial charge on any atom is -0.507 e. The molecule has 0 spiro atoms. The monoisotopic (exact) mass is 465 g/mol. The number of aromatic hydroxyl groups is 1. The Hall–Kier alpha value is -3.18. The molecule has 0 saturated carbocycles. The van der Waals surface area contributed by atoms with Gasteiger partial charge in [-0.15, -0.1) is 0 Å². The molecule has 2 rings (SSSR count). The Balaban J connectivity index is 2.19. The molecule has 0 unspecified atom stereocenters. The summed E-state index contributed by atoms with van der Waals surface area (Å²) < 4.78 is 5.47. The van der Waals surface area contributed by atoms with Crippen molar-refractivity contribution in [3.63, 3.8) is 0 Å². The quantitative estimate of drug-likeness (QED) is 0.240. The fourth-order valence-corrected chi connectivity index (χ4v) is 3.86. The number of cyclic esters (lactones) is 1. The normalized spacial score (nSPS) is 19.0. The third-order valence-electron chi connectivity index (χ3n) is 5.33. The van der Waals surface area contributed by atoms with Crippen LogP contribution in [0.25, 0.3) is 0 Å². The van der Waals surface area contributed by atoms with E-state index in [2.05, 4.69) is 10.6 Å². The molecule has 11 heteroatoms. The van der Waals surface area contributed by atoms with E-state index in [4.69, 9.17) is 10.5 Å². The predicted molar refractivity (Wildman–Crippen MR) is 116 cm³/mol. The lowest BCUT2D eigenvalue weighted by Crippen LogP contribution is -2.57. The second-order valence-corrected chi connectivity index (χ2v) is 8.62. The minimum atomic E-state index is -1.99. The average molecular weight is 466 g/mol. The van der Waals surface area contributed by atoms with Gasteiger partial charge in [0.05, 0.1) is 12.1 Å². The summed E-state index contributed by atoms with van der Waals surface area (Å²) in [7, 11) is 0. The number of amides is 3. The van der Waals surface area contributed by atoms with Crippen LogP contribution in [0.3, 0.4) is 0 Å². The van der Waals surface area contributed by atoms with E-state index in [0.717, 1.165) is 6.92 Å². The van der Waals surface area contributed by atoms with E-state index in [1.807, 2.05) is 13.8 Å². The maximum absolute atomic E-state index is 12.7. The number of aliphatic hydroxyl groups is 2. The van der Waals surface area contributed by atoms with Crippen molar-refractivity contribution < 1.29 is 39.2 Å². The van der Waals surface area contributed by atoms with Gasteiger partial charge in [-0.2, -0.15) is 0 Å². The van der Waals surface area contributed by atoms with Crippen LogP contribution in [0.4, 0.5) is 0 Å². The SMILES string of the molecule is CC(=O)N[C@@H](CC(N)=O)[C@H](O)[C@H](O)C(=O)N[C@@H](CC(C)C)[C@@H]1Cc2cccc(O)c2C(=O)O1.